The minimum atomic E-state index is -0.161. The zero-order chi connectivity index (χ0) is 14.5. The first kappa shape index (κ1) is 14.5. The smallest absolute Gasteiger partial charge is 0.251 e. The van der Waals surface area contributed by atoms with E-state index in [1.807, 2.05) is 32.0 Å². The highest BCUT2D eigenvalue weighted by molar-refractivity contribution is 7.99. The summed E-state index contributed by atoms with van der Waals surface area (Å²) in [5.74, 6) is 0. The molecule has 1 N–H and O–H groups in total. The molecule has 0 aliphatic rings. The number of hydrogen-bond acceptors (Lipinski definition) is 4. The summed E-state index contributed by atoms with van der Waals surface area (Å²) in [7, 11) is 0. The van der Waals surface area contributed by atoms with Crippen LogP contribution < -0.4 is 5.56 Å². The number of hydrogen-bond donors (Lipinski definition) is 1. The lowest BCUT2D eigenvalue weighted by Crippen LogP contribution is -2.09. The Morgan fingerprint density at radius 3 is 2.85 bits per heavy atom. The van der Waals surface area contributed by atoms with Crippen LogP contribution in [0, 0.1) is 6.92 Å². The zero-order valence-corrected chi connectivity index (χ0v) is 12.3. The molecule has 4 nitrogen and oxygen atoms in total. The lowest BCUT2D eigenvalue weighted by molar-refractivity contribution is 0.112. The molecule has 0 amide bonds. The van der Waals surface area contributed by atoms with Gasteiger partial charge in [0.25, 0.3) is 5.56 Å². The Hall–Kier alpha value is -1.88. The maximum absolute atomic E-state index is 11.6. The normalized spacial score (nSPS) is 10.5. The van der Waals surface area contributed by atoms with Crippen LogP contribution in [-0.2, 0) is 6.42 Å². The van der Waals surface area contributed by atoms with Gasteiger partial charge in [-0.3, -0.25) is 9.59 Å². The number of carbonyl (C=O) groups is 1. The molecule has 0 fully saturated rings. The van der Waals surface area contributed by atoms with Crippen LogP contribution in [0.5, 0.6) is 0 Å². The molecule has 0 saturated carbocycles. The highest BCUT2D eigenvalue weighted by atomic mass is 32.2. The summed E-state index contributed by atoms with van der Waals surface area (Å²) >= 11 is 1.30. The van der Waals surface area contributed by atoms with Gasteiger partial charge in [-0.05, 0) is 25.5 Å². The number of nitrogens with one attached hydrogen (secondary N) is 1. The first-order valence-corrected chi connectivity index (χ1v) is 7.28. The highest BCUT2D eigenvalue weighted by Crippen LogP contribution is 2.27. The topological polar surface area (TPSA) is 62.8 Å². The second-order valence-corrected chi connectivity index (χ2v) is 5.58. The minimum absolute atomic E-state index is 0.161. The van der Waals surface area contributed by atoms with Crippen LogP contribution in [0.4, 0.5) is 0 Å². The van der Waals surface area contributed by atoms with E-state index in [4.69, 9.17) is 0 Å². The Labute approximate surface area is 121 Å². The zero-order valence-electron chi connectivity index (χ0n) is 11.5. The van der Waals surface area contributed by atoms with Crippen molar-refractivity contribution in [3.63, 3.8) is 0 Å². The van der Waals surface area contributed by atoms with Gasteiger partial charge in [-0.25, -0.2) is 4.98 Å². The molecule has 0 aliphatic heterocycles. The number of aldehydes is 1. The molecule has 20 heavy (non-hydrogen) atoms. The van der Waals surface area contributed by atoms with Crippen LogP contribution in [0.3, 0.4) is 0 Å². The number of nitrogens with zero attached hydrogens (tertiary/aromatic N) is 1. The Morgan fingerprint density at radius 1 is 1.35 bits per heavy atom. The monoisotopic (exact) mass is 288 g/mol. The molecule has 0 spiro atoms. The number of aromatic amines is 1. The van der Waals surface area contributed by atoms with Crippen LogP contribution in [0.15, 0.2) is 39.1 Å². The van der Waals surface area contributed by atoms with Crippen LogP contribution in [0.25, 0.3) is 0 Å². The van der Waals surface area contributed by atoms with Crippen molar-refractivity contribution in [3.05, 3.63) is 51.4 Å². The molecule has 1 aromatic heterocycles. The Bertz CT molecular complexity index is 680. The third-order valence-corrected chi connectivity index (χ3v) is 3.76. The Morgan fingerprint density at radius 2 is 2.15 bits per heavy atom. The van der Waals surface area contributed by atoms with Gasteiger partial charge in [0.1, 0.15) is 0 Å². The van der Waals surface area contributed by atoms with Gasteiger partial charge in [-0.15, -0.1) is 0 Å². The van der Waals surface area contributed by atoms with Crippen LogP contribution in [0.2, 0.25) is 0 Å². The van der Waals surface area contributed by atoms with Gasteiger partial charge in [0.15, 0.2) is 11.4 Å². The standard InChI is InChI=1S/C15H16N2O2S/c1-3-4-12-8-14(19)17-15(16-12)20-13-6-5-10(2)7-11(13)9-18/h5-9H,3-4H2,1-2H3,(H,16,17,19). The maximum atomic E-state index is 11.6. The summed E-state index contributed by atoms with van der Waals surface area (Å²) in [6.07, 6.45) is 2.53. The number of H-pyrrole nitrogens is 1. The maximum Gasteiger partial charge on any atom is 0.251 e. The summed E-state index contributed by atoms with van der Waals surface area (Å²) in [6.45, 7) is 3.98. The fourth-order valence-corrected chi connectivity index (χ4v) is 2.76. The van der Waals surface area contributed by atoms with Gasteiger partial charge in [0, 0.05) is 22.2 Å². The molecule has 1 heterocycles. The van der Waals surface area contributed by atoms with E-state index in [0.29, 0.717) is 10.7 Å². The number of aromatic nitrogens is 2. The SMILES string of the molecule is CCCc1cc(=O)[nH]c(Sc2ccc(C)cc2C=O)n1. The van der Waals surface area contributed by atoms with E-state index < -0.39 is 0 Å². The van der Waals surface area contributed by atoms with Crippen molar-refractivity contribution in [2.75, 3.05) is 0 Å². The molecule has 5 heteroatoms. The molecular formula is C15H16N2O2S. The molecular weight excluding hydrogens is 272 g/mol. The number of benzene rings is 1. The highest BCUT2D eigenvalue weighted by Gasteiger charge is 2.07. The molecule has 0 aliphatic carbocycles. The van der Waals surface area contributed by atoms with Gasteiger partial charge >= 0.3 is 0 Å². The van der Waals surface area contributed by atoms with E-state index in [0.717, 1.165) is 35.3 Å². The molecule has 1 aromatic carbocycles. The van der Waals surface area contributed by atoms with Gasteiger partial charge in [0.05, 0.1) is 0 Å². The molecule has 0 unspecified atom stereocenters. The van der Waals surface area contributed by atoms with E-state index in [1.165, 1.54) is 17.8 Å². The molecule has 2 aromatic rings. The summed E-state index contributed by atoms with van der Waals surface area (Å²) in [6, 6.07) is 7.15. The van der Waals surface area contributed by atoms with Crippen molar-refractivity contribution in [2.24, 2.45) is 0 Å². The first-order valence-electron chi connectivity index (χ1n) is 6.46. The van der Waals surface area contributed by atoms with E-state index >= 15 is 0 Å². The van der Waals surface area contributed by atoms with Crippen molar-refractivity contribution in [3.8, 4) is 0 Å². The van der Waals surface area contributed by atoms with E-state index in [-0.39, 0.29) is 5.56 Å². The average molecular weight is 288 g/mol. The average Bonchev–Trinajstić information content (AvgIpc) is 2.40. The summed E-state index contributed by atoms with van der Waals surface area (Å²) in [5.41, 5.74) is 2.25. The second-order valence-electron chi connectivity index (χ2n) is 4.55. The van der Waals surface area contributed by atoms with Crippen LogP contribution >= 0.6 is 11.8 Å². The predicted octanol–water partition coefficient (Wildman–Crippen LogP) is 2.99. The number of aryl methyl sites for hydroxylation is 2. The third-order valence-electron chi connectivity index (χ3n) is 2.78. The van der Waals surface area contributed by atoms with Gasteiger partial charge in [-0.2, -0.15) is 0 Å². The van der Waals surface area contributed by atoms with Gasteiger partial charge in [-0.1, -0.05) is 36.7 Å². The van der Waals surface area contributed by atoms with Crippen molar-refractivity contribution in [1.29, 1.82) is 0 Å². The quantitative estimate of drug-likeness (QED) is 0.678. The summed E-state index contributed by atoms with van der Waals surface area (Å²) in [4.78, 5) is 30.6. The lowest BCUT2D eigenvalue weighted by Gasteiger charge is -2.06. The predicted molar refractivity (Wildman–Crippen MR) is 79.5 cm³/mol. The van der Waals surface area contributed by atoms with E-state index in [2.05, 4.69) is 9.97 Å². The largest absolute Gasteiger partial charge is 0.301 e. The lowest BCUT2D eigenvalue weighted by atomic mass is 10.2. The summed E-state index contributed by atoms with van der Waals surface area (Å²) < 4.78 is 0. The summed E-state index contributed by atoms with van der Waals surface area (Å²) in [5, 5.41) is 0.521. The number of carbonyl (C=O) groups excluding carboxylic acids is 1. The van der Waals surface area contributed by atoms with Crippen molar-refractivity contribution in [1.82, 2.24) is 9.97 Å². The second kappa shape index (κ2) is 6.52. The molecule has 0 bridgehead atoms. The van der Waals surface area contributed by atoms with Gasteiger partial charge < -0.3 is 4.98 Å². The molecule has 2 rings (SSSR count). The van der Waals surface area contributed by atoms with Crippen LogP contribution in [0.1, 0.15) is 35.0 Å². The molecule has 0 atom stereocenters. The van der Waals surface area contributed by atoms with E-state index in [1.54, 1.807) is 0 Å². The molecule has 104 valence electrons. The number of rotatable bonds is 5. The molecule has 0 radical (unpaired) electrons. The van der Waals surface area contributed by atoms with Crippen molar-refractivity contribution in [2.45, 2.75) is 36.7 Å². The Kier molecular flexibility index (Phi) is 4.74. The van der Waals surface area contributed by atoms with Gasteiger partial charge in [0.2, 0.25) is 0 Å². The molecule has 0 saturated heterocycles. The van der Waals surface area contributed by atoms with Crippen molar-refractivity contribution >= 4 is 18.0 Å². The van der Waals surface area contributed by atoms with Crippen molar-refractivity contribution < 1.29 is 4.79 Å². The fraction of sp³-hybridized carbons (Fsp3) is 0.267. The third kappa shape index (κ3) is 3.57. The first-order chi connectivity index (χ1) is 9.62. The van der Waals surface area contributed by atoms with E-state index in [9.17, 15) is 9.59 Å². The van der Waals surface area contributed by atoms with Crippen LogP contribution in [-0.4, -0.2) is 16.3 Å². The Balaban J connectivity index is 2.34. The fourth-order valence-electron chi connectivity index (χ4n) is 1.87. The minimum Gasteiger partial charge on any atom is -0.301 e.